The van der Waals surface area contributed by atoms with E-state index in [0.717, 1.165) is 11.1 Å². The summed E-state index contributed by atoms with van der Waals surface area (Å²) in [5, 5.41) is 2.59. The minimum Gasteiger partial charge on any atom is -0.484 e. The van der Waals surface area contributed by atoms with E-state index in [4.69, 9.17) is 4.74 Å². The highest BCUT2D eigenvalue weighted by Crippen LogP contribution is 2.13. The Labute approximate surface area is 148 Å². The van der Waals surface area contributed by atoms with Crippen molar-refractivity contribution < 1.29 is 14.3 Å². The number of nitrogens with one attached hydrogen (secondary N) is 1. The first kappa shape index (κ1) is 18.5. The Bertz CT molecular complexity index is 699. The molecule has 0 aromatic heterocycles. The molecule has 2 aromatic rings. The Kier molecular flexibility index (Phi) is 6.57. The van der Waals surface area contributed by atoms with Crippen LogP contribution in [0.25, 0.3) is 0 Å². The smallest absolute Gasteiger partial charge is 0.261 e. The molecule has 0 spiro atoms. The van der Waals surface area contributed by atoms with Crippen LogP contribution in [-0.2, 0) is 16.1 Å². The third-order valence-corrected chi connectivity index (χ3v) is 3.99. The van der Waals surface area contributed by atoms with Gasteiger partial charge in [0.1, 0.15) is 11.8 Å². The lowest BCUT2D eigenvalue weighted by molar-refractivity contribution is -0.142. The summed E-state index contributed by atoms with van der Waals surface area (Å²) in [7, 11) is 1.56. The zero-order chi connectivity index (χ0) is 18.2. The maximum Gasteiger partial charge on any atom is 0.261 e. The van der Waals surface area contributed by atoms with E-state index in [1.807, 2.05) is 61.5 Å². The molecule has 1 N–H and O–H groups in total. The third kappa shape index (κ3) is 5.35. The quantitative estimate of drug-likeness (QED) is 0.843. The molecular formula is C20H24N2O3. The van der Waals surface area contributed by atoms with Crippen molar-refractivity contribution in [3.8, 4) is 5.75 Å². The van der Waals surface area contributed by atoms with Gasteiger partial charge in [0.2, 0.25) is 5.91 Å². The highest BCUT2D eigenvalue weighted by atomic mass is 16.5. The molecule has 0 aliphatic rings. The Morgan fingerprint density at radius 3 is 2.32 bits per heavy atom. The van der Waals surface area contributed by atoms with E-state index in [9.17, 15) is 9.59 Å². The normalized spacial score (nSPS) is 11.5. The fourth-order valence-corrected chi connectivity index (χ4v) is 2.43. The van der Waals surface area contributed by atoms with Gasteiger partial charge < -0.3 is 15.0 Å². The molecule has 132 valence electrons. The van der Waals surface area contributed by atoms with Crippen LogP contribution in [0.5, 0.6) is 5.75 Å². The molecule has 0 heterocycles. The van der Waals surface area contributed by atoms with Gasteiger partial charge in [-0.3, -0.25) is 9.59 Å². The number of nitrogens with zero attached hydrogens (tertiary/aromatic N) is 1. The van der Waals surface area contributed by atoms with Crippen LogP contribution in [0.1, 0.15) is 18.1 Å². The first-order chi connectivity index (χ1) is 12.0. The molecule has 0 fully saturated rings. The van der Waals surface area contributed by atoms with Gasteiger partial charge in [-0.1, -0.05) is 48.0 Å². The zero-order valence-corrected chi connectivity index (χ0v) is 14.9. The highest BCUT2D eigenvalue weighted by Gasteiger charge is 2.25. The Balaban J connectivity index is 2.08. The lowest BCUT2D eigenvalue weighted by Crippen LogP contribution is -2.48. The van der Waals surface area contributed by atoms with Gasteiger partial charge in [0.05, 0.1) is 0 Å². The van der Waals surface area contributed by atoms with Gasteiger partial charge in [0.15, 0.2) is 6.61 Å². The van der Waals surface area contributed by atoms with Crippen LogP contribution in [0, 0.1) is 6.92 Å². The fraction of sp³-hybridized carbons (Fsp3) is 0.300. The molecular weight excluding hydrogens is 316 g/mol. The average molecular weight is 340 g/mol. The molecule has 0 aliphatic carbocycles. The topological polar surface area (TPSA) is 58.6 Å². The van der Waals surface area contributed by atoms with Gasteiger partial charge in [0, 0.05) is 13.6 Å². The minimum atomic E-state index is -0.584. The van der Waals surface area contributed by atoms with Crippen molar-refractivity contribution in [2.24, 2.45) is 0 Å². The molecule has 1 atom stereocenters. The highest BCUT2D eigenvalue weighted by molar-refractivity contribution is 5.87. The van der Waals surface area contributed by atoms with E-state index in [1.54, 1.807) is 14.0 Å². The minimum absolute atomic E-state index is 0.114. The predicted molar refractivity (Wildman–Crippen MR) is 97.2 cm³/mol. The lowest BCUT2D eigenvalue weighted by Gasteiger charge is -2.28. The van der Waals surface area contributed by atoms with E-state index in [0.29, 0.717) is 12.3 Å². The van der Waals surface area contributed by atoms with Crippen molar-refractivity contribution in [2.75, 3.05) is 13.7 Å². The molecule has 0 aliphatic heterocycles. The first-order valence-corrected chi connectivity index (χ1v) is 8.25. The maximum atomic E-state index is 12.7. The van der Waals surface area contributed by atoms with Crippen LogP contribution in [0.3, 0.4) is 0 Å². The molecule has 0 radical (unpaired) electrons. The largest absolute Gasteiger partial charge is 0.484 e. The summed E-state index contributed by atoms with van der Waals surface area (Å²) in [6.45, 7) is 3.94. The summed E-state index contributed by atoms with van der Waals surface area (Å²) >= 11 is 0. The summed E-state index contributed by atoms with van der Waals surface area (Å²) in [5.74, 6) is 0.186. The van der Waals surface area contributed by atoms with Crippen molar-refractivity contribution in [3.63, 3.8) is 0 Å². The molecule has 2 aromatic carbocycles. The number of hydrogen-bond acceptors (Lipinski definition) is 3. The molecule has 5 heteroatoms. The number of carbonyl (C=O) groups excluding carboxylic acids is 2. The van der Waals surface area contributed by atoms with E-state index < -0.39 is 6.04 Å². The monoisotopic (exact) mass is 340 g/mol. The number of rotatable bonds is 7. The van der Waals surface area contributed by atoms with Crippen molar-refractivity contribution in [1.29, 1.82) is 0 Å². The van der Waals surface area contributed by atoms with Crippen LogP contribution in [0.2, 0.25) is 0 Å². The van der Waals surface area contributed by atoms with Crippen molar-refractivity contribution >= 4 is 11.8 Å². The Morgan fingerprint density at radius 2 is 1.72 bits per heavy atom. The molecule has 5 nitrogen and oxygen atoms in total. The maximum absolute atomic E-state index is 12.7. The molecule has 2 rings (SSSR count). The molecule has 1 unspecified atom stereocenters. The summed E-state index contributed by atoms with van der Waals surface area (Å²) < 4.78 is 5.58. The average Bonchev–Trinajstić information content (AvgIpc) is 2.65. The standard InChI is InChI=1S/C20H24N2O3/c1-15-9-11-18(12-10-15)25-14-19(23)22(16(2)20(24)21-3)13-17-7-5-4-6-8-17/h4-12,16H,13-14H2,1-3H3,(H,21,24). The molecule has 2 amide bonds. The number of hydrogen-bond donors (Lipinski definition) is 1. The molecule has 0 bridgehead atoms. The van der Waals surface area contributed by atoms with Crippen molar-refractivity contribution in [1.82, 2.24) is 10.2 Å². The third-order valence-electron chi connectivity index (χ3n) is 3.99. The van der Waals surface area contributed by atoms with E-state index in [-0.39, 0.29) is 18.4 Å². The Hall–Kier alpha value is -2.82. The van der Waals surface area contributed by atoms with E-state index in [1.165, 1.54) is 4.90 Å². The number of benzene rings is 2. The predicted octanol–water partition coefficient (Wildman–Crippen LogP) is 2.54. The van der Waals surface area contributed by atoms with Crippen LogP contribution in [0.15, 0.2) is 54.6 Å². The second-order valence-electron chi connectivity index (χ2n) is 5.90. The second-order valence-corrected chi connectivity index (χ2v) is 5.90. The zero-order valence-electron chi connectivity index (χ0n) is 14.9. The summed E-state index contributed by atoms with van der Waals surface area (Å²) in [6, 6.07) is 16.5. The molecule has 0 saturated heterocycles. The van der Waals surface area contributed by atoms with Gasteiger partial charge >= 0.3 is 0 Å². The number of ether oxygens (including phenoxy) is 1. The van der Waals surface area contributed by atoms with Gasteiger partial charge in [-0.25, -0.2) is 0 Å². The number of carbonyl (C=O) groups is 2. The Morgan fingerprint density at radius 1 is 1.08 bits per heavy atom. The molecule has 25 heavy (non-hydrogen) atoms. The first-order valence-electron chi connectivity index (χ1n) is 8.25. The van der Waals surface area contributed by atoms with Crippen molar-refractivity contribution in [3.05, 3.63) is 65.7 Å². The summed E-state index contributed by atoms with van der Waals surface area (Å²) in [6.07, 6.45) is 0. The van der Waals surface area contributed by atoms with Crippen LogP contribution >= 0.6 is 0 Å². The SMILES string of the molecule is CNC(=O)C(C)N(Cc1ccccc1)C(=O)COc1ccc(C)cc1. The van der Waals surface area contributed by atoms with Gasteiger partial charge in [-0.15, -0.1) is 0 Å². The van der Waals surface area contributed by atoms with Crippen LogP contribution in [-0.4, -0.2) is 36.4 Å². The van der Waals surface area contributed by atoms with Gasteiger partial charge in [-0.05, 0) is 31.5 Å². The lowest BCUT2D eigenvalue weighted by atomic mass is 10.1. The van der Waals surface area contributed by atoms with Crippen molar-refractivity contribution in [2.45, 2.75) is 26.4 Å². The van der Waals surface area contributed by atoms with Crippen LogP contribution < -0.4 is 10.1 Å². The van der Waals surface area contributed by atoms with Gasteiger partial charge in [0.25, 0.3) is 5.91 Å². The van der Waals surface area contributed by atoms with Gasteiger partial charge in [-0.2, -0.15) is 0 Å². The van der Waals surface area contributed by atoms with Crippen LogP contribution in [0.4, 0.5) is 0 Å². The summed E-state index contributed by atoms with van der Waals surface area (Å²) in [5.41, 5.74) is 2.08. The molecule has 0 saturated carbocycles. The summed E-state index contributed by atoms with van der Waals surface area (Å²) in [4.78, 5) is 26.2. The number of likely N-dealkylation sites (N-methyl/N-ethyl adjacent to an activating group) is 1. The second kappa shape index (κ2) is 8.87. The number of amides is 2. The van der Waals surface area contributed by atoms with E-state index in [2.05, 4.69) is 5.32 Å². The number of aryl methyl sites for hydroxylation is 1. The van der Waals surface area contributed by atoms with E-state index >= 15 is 0 Å². The fourth-order valence-electron chi connectivity index (χ4n) is 2.43.